The lowest BCUT2D eigenvalue weighted by Gasteiger charge is -2.33. The quantitative estimate of drug-likeness (QED) is 0.796. The molecule has 1 aliphatic rings. The first-order chi connectivity index (χ1) is 12.6. The molecule has 0 spiro atoms. The molecular weight excluding hydrogens is 328 g/mol. The molecule has 0 bridgehead atoms. The highest BCUT2D eigenvalue weighted by Gasteiger charge is 2.28. The van der Waals surface area contributed by atoms with Gasteiger partial charge in [0.15, 0.2) is 0 Å². The summed E-state index contributed by atoms with van der Waals surface area (Å²) in [5.41, 5.74) is 2.15. The van der Waals surface area contributed by atoms with Crippen LogP contribution in [0, 0.1) is 12.8 Å². The van der Waals surface area contributed by atoms with Crippen LogP contribution in [0.4, 0.5) is 0 Å². The molecule has 0 unspecified atom stereocenters. The molecule has 0 radical (unpaired) electrons. The number of carbonyl (C=O) groups is 1. The summed E-state index contributed by atoms with van der Waals surface area (Å²) in [5.74, 6) is 1.65. The number of aryl methyl sites for hydroxylation is 1. The smallest absolute Gasteiger partial charge is 0.247 e. The van der Waals surface area contributed by atoms with Crippen molar-refractivity contribution >= 4 is 5.91 Å². The van der Waals surface area contributed by atoms with E-state index in [0.717, 1.165) is 44.6 Å². The van der Waals surface area contributed by atoms with Crippen LogP contribution in [-0.4, -0.2) is 52.1 Å². The third-order valence-electron chi connectivity index (χ3n) is 5.14. The first kappa shape index (κ1) is 18.6. The lowest BCUT2D eigenvalue weighted by Crippen LogP contribution is -2.42. The molecule has 2 heterocycles. The maximum atomic E-state index is 12.5. The van der Waals surface area contributed by atoms with Gasteiger partial charge >= 0.3 is 0 Å². The Morgan fingerprint density at radius 1 is 1.15 bits per heavy atom. The maximum absolute atomic E-state index is 12.5. The van der Waals surface area contributed by atoms with Gasteiger partial charge in [-0.2, -0.15) is 0 Å². The zero-order valence-corrected chi connectivity index (χ0v) is 15.9. The molecule has 0 aliphatic carbocycles. The molecule has 1 aliphatic heterocycles. The highest BCUT2D eigenvalue weighted by Crippen LogP contribution is 2.23. The fraction of sp³-hybridized carbons (Fsp3) is 0.550. The summed E-state index contributed by atoms with van der Waals surface area (Å²) in [6.45, 7) is 10.1. The Bertz CT molecular complexity index is 714. The van der Waals surface area contributed by atoms with Crippen LogP contribution in [0.15, 0.2) is 28.7 Å². The highest BCUT2D eigenvalue weighted by molar-refractivity contribution is 5.78. The molecule has 140 valence electrons. The molecular formula is C20H28N4O2. The minimum absolute atomic E-state index is 0.150. The average Bonchev–Trinajstić information content (AvgIpc) is 3.12. The van der Waals surface area contributed by atoms with Gasteiger partial charge in [-0.25, -0.2) is 0 Å². The van der Waals surface area contributed by atoms with E-state index >= 15 is 0 Å². The van der Waals surface area contributed by atoms with Gasteiger partial charge in [0, 0.05) is 24.6 Å². The summed E-state index contributed by atoms with van der Waals surface area (Å²) in [5, 5.41) is 8.35. The number of likely N-dealkylation sites (tertiary alicyclic amines) is 1. The molecule has 3 rings (SSSR count). The van der Waals surface area contributed by atoms with Crippen molar-refractivity contribution in [2.75, 3.05) is 26.2 Å². The topological polar surface area (TPSA) is 62.5 Å². The van der Waals surface area contributed by atoms with Crippen molar-refractivity contribution in [3.05, 3.63) is 35.7 Å². The van der Waals surface area contributed by atoms with Gasteiger partial charge in [-0.05, 0) is 58.8 Å². The number of hydrogen-bond acceptors (Lipinski definition) is 5. The third kappa shape index (κ3) is 4.30. The summed E-state index contributed by atoms with van der Waals surface area (Å²) in [4.78, 5) is 16.7. The number of nitrogens with zero attached hydrogens (tertiary/aromatic N) is 4. The van der Waals surface area contributed by atoms with Crippen molar-refractivity contribution < 1.29 is 9.21 Å². The second-order valence-electron chi connectivity index (χ2n) is 6.93. The molecule has 26 heavy (non-hydrogen) atoms. The zero-order chi connectivity index (χ0) is 18.5. The molecule has 0 saturated carbocycles. The number of carbonyl (C=O) groups excluding carboxylic acids is 1. The van der Waals surface area contributed by atoms with Crippen molar-refractivity contribution in [1.29, 1.82) is 0 Å². The average molecular weight is 356 g/mol. The third-order valence-corrected chi connectivity index (χ3v) is 5.14. The Morgan fingerprint density at radius 2 is 1.81 bits per heavy atom. The Kier molecular flexibility index (Phi) is 6.04. The van der Waals surface area contributed by atoms with Crippen LogP contribution in [0.3, 0.4) is 0 Å². The van der Waals surface area contributed by atoms with Crippen molar-refractivity contribution in [3.63, 3.8) is 0 Å². The SMILES string of the molecule is CCN(CC)C(=O)C1CCN(Cc2nnc(-c3ccc(C)cc3)o2)CC1. The summed E-state index contributed by atoms with van der Waals surface area (Å²) in [6, 6.07) is 8.07. The lowest BCUT2D eigenvalue weighted by atomic mass is 9.95. The van der Waals surface area contributed by atoms with Gasteiger partial charge in [0.1, 0.15) is 0 Å². The minimum Gasteiger partial charge on any atom is -0.419 e. The summed E-state index contributed by atoms with van der Waals surface area (Å²) >= 11 is 0. The molecule has 0 N–H and O–H groups in total. The van der Waals surface area contributed by atoms with Gasteiger partial charge in [-0.15, -0.1) is 10.2 Å². The number of amides is 1. The Labute approximate surface area is 155 Å². The van der Waals surface area contributed by atoms with E-state index in [9.17, 15) is 4.79 Å². The van der Waals surface area contributed by atoms with Crippen molar-refractivity contribution in [2.24, 2.45) is 5.92 Å². The molecule has 0 atom stereocenters. The monoisotopic (exact) mass is 356 g/mol. The van der Waals surface area contributed by atoms with E-state index in [-0.39, 0.29) is 5.92 Å². The van der Waals surface area contributed by atoms with Crippen LogP contribution in [0.25, 0.3) is 11.5 Å². The Morgan fingerprint density at radius 3 is 2.42 bits per heavy atom. The van der Waals surface area contributed by atoms with Crippen LogP contribution >= 0.6 is 0 Å². The maximum Gasteiger partial charge on any atom is 0.247 e. The van der Waals surface area contributed by atoms with E-state index < -0.39 is 0 Å². The normalized spacial score (nSPS) is 16.0. The number of aromatic nitrogens is 2. The predicted molar refractivity (Wildman–Crippen MR) is 100 cm³/mol. The van der Waals surface area contributed by atoms with Gasteiger partial charge in [0.05, 0.1) is 6.54 Å². The Hall–Kier alpha value is -2.21. The number of piperidine rings is 1. The lowest BCUT2D eigenvalue weighted by molar-refractivity contribution is -0.136. The van der Waals surface area contributed by atoms with Gasteiger partial charge < -0.3 is 9.32 Å². The molecule has 1 amide bonds. The number of rotatable bonds is 6. The molecule has 1 aromatic heterocycles. The van der Waals surface area contributed by atoms with Crippen LogP contribution in [0.2, 0.25) is 0 Å². The van der Waals surface area contributed by atoms with Gasteiger partial charge in [0.25, 0.3) is 0 Å². The van der Waals surface area contributed by atoms with Crippen LogP contribution < -0.4 is 0 Å². The first-order valence-electron chi connectivity index (χ1n) is 9.51. The van der Waals surface area contributed by atoms with Crippen molar-refractivity contribution in [2.45, 2.75) is 40.2 Å². The fourth-order valence-corrected chi connectivity index (χ4v) is 3.45. The standard InChI is InChI=1S/C20H28N4O2/c1-4-24(5-2)20(25)17-10-12-23(13-11-17)14-18-21-22-19(26-18)16-8-6-15(3)7-9-16/h6-9,17H,4-5,10-14H2,1-3H3. The molecule has 6 nitrogen and oxygen atoms in total. The van der Waals surface area contributed by atoms with E-state index in [1.54, 1.807) is 0 Å². The van der Waals surface area contributed by atoms with Crippen molar-refractivity contribution in [3.8, 4) is 11.5 Å². The van der Waals surface area contributed by atoms with Crippen LogP contribution in [-0.2, 0) is 11.3 Å². The molecule has 1 fully saturated rings. The molecule has 1 saturated heterocycles. The first-order valence-corrected chi connectivity index (χ1v) is 9.51. The van der Waals surface area contributed by atoms with Crippen molar-refractivity contribution in [1.82, 2.24) is 20.0 Å². The molecule has 2 aromatic rings. The second-order valence-corrected chi connectivity index (χ2v) is 6.93. The fourth-order valence-electron chi connectivity index (χ4n) is 3.45. The van der Waals surface area contributed by atoms with Crippen LogP contribution in [0.5, 0.6) is 0 Å². The molecule has 1 aromatic carbocycles. The van der Waals surface area contributed by atoms with Gasteiger partial charge in [-0.1, -0.05) is 17.7 Å². The summed E-state index contributed by atoms with van der Waals surface area (Å²) < 4.78 is 5.82. The van der Waals surface area contributed by atoms with E-state index in [4.69, 9.17) is 4.42 Å². The van der Waals surface area contributed by atoms with E-state index in [2.05, 4.69) is 22.0 Å². The van der Waals surface area contributed by atoms with E-state index in [1.807, 2.05) is 43.0 Å². The van der Waals surface area contributed by atoms with Gasteiger partial charge in [-0.3, -0.25) is 9.69 Å². The highest BCUT2D eigenvalue weighted by atomic mass is 16.4. The summed E-state index contributed by atoms with van der Waals surface area (Å²) in [6.07, 6.45) is 1.79. The Balaban J connectivity index is 1.54. The molecule has 6 heteroatoms. The predicted octanol–water partition coefficient (Wildman–Crippen LogP) is 3.13. The number of hydrogen-bond donors (Lipinski definition) is 0. The van der Waals surface area contributed by atoms with E-state index in [0.29, 0.717) is 24.2 Å². The van der Waals surface area contributed by atoms with E-state index in [1.165, 1.54) is 5.56 Å². The largest absolute Gasteiger partial charge is 0.419 e. The zero-order valence-electron chi connectivity index (χ0n) is 15.9. The minimum atomic E-state index is 0.150. The van der Waals surface area contributed by atoms with Crippen LogP contribution in [0.1, 0.15) is 38.1 Å². The second kappa shape index (κ2) is 8.45. The number of benzene rings is 1. The summed E-state index contributed by atoms with van der Waals surface area (Å²) in [7, 11) is 0. The van der Waals surface area contributed by atoms with Gasteiger partial charge in [0.2, 0.25) is 17.7 Å².